The number of furan rings is 1. The highest BCUT2D eigenvalue weighted by Gasteiger charge is 2.24. The Hall–Kier alpha value is -2.44. The van der Waals surface area contributed by atoms with Gasteiger partial charge in [0, 0.05) is 29.1 Å². The van der Waals surface area contributed by atoms with Crippen molar-refractivity contribution < 1.29 is 14.3 Å². The molecule has 5 nitrogen and oxygen atoms in total. The molecule has 1 atom stereocenters. The number of nitrogens with zero attached hydrogens (tertiary/aromatic N) is 2. The zero-order chi connectivity index (χ0) is 18.8. The molecular weight excluding hydrogens is 360 g/mol. The van der Waals surface area contributed by atoms with E-state index in [0.717, 1.165) is 37.5 Å². The van der Waals surface area contributed by atoms with Crippen molar-refractivity contribution in [3.8, 4) is 11.3 Å². The number of aromatic carboxylic acids is 1. The lowest BCUT2D eigenvalue weighted by molar-refractivity contribution is 0.0697. The molecule has 0 amide bonds. The van der Waals surface area contributed by atoms with Crippen LogP contribution in [-0.4, -0.2) is 34.0 Å². The second kappa shape index (κ2) is 7.66. The van der Waals surface area contributed by atoms with E-state index in [0.29, 0.717) is 17.2 Å². The van der Waals surface area contributed by atoms with Crippen molar-refractivity contribution in [2.75, 3.05) is 13.1 Å². The van der Waals surface area contributed by atoms with Crippen molar-refractivity contribution in [3.63, 3.8) is 0 Å². The molecule has 0 saturated carbocycles. The average Bonchev–Trinajstić information content (AvgIpc) is 3.31. The predicted molar refractivity (Wildman–Crippen MR) is 105 cm³/mol. The minimum Gasteiger partial charge on any atom is -0.478 e. The minimum absolute atomic E-state index is 0.260. The zero-order valence-corrected chi connectivity index (χ0v) is 16.0. The molecule has 4 rings (SSSR count). The van der Waals surface area contributed by atoms with E-state index in [1.54, 1.807) is 29.5 Å². The number of thiazole rings is 1. The maximum absolute atomic E-state index is 11.4. The van der Waals surface area contributed by atoms with Crippen LogP contribution in [0, 0.1) is 6.92 Å². The van der Waals surface area contributed by atoms with Gasteiger partial charge in [-0.2, -0.15) is 0 Å². The number of carboxylic acid groups (broad SMARTS) is 1. The van der Waals surface area contributed by atoms with E-state index in [2.05, 4.69) is 15.3 Å². The zero-order valence-electron chi connectivity index (χ0n) is 15.2. The first-order valence-corrected chi connectivity index (χ1v) is 10.0. The van der Waals surface area contributed by atoms with Crippen molar-refractivity contribution in [1.29, 1.82) is 0 Å². The van der Waals surface area contributed by atoms with Crippen LogP contribution in [0.5, 0.6) is 0 Å². The summed E-state index contributed by atoms with van der Waals surface area (Å²) in [5.74, 6) is 1.01. The Morgan fingerprint density at radius 1 is 1.33 bits per heavy atom. The predicted octanol–water partition coefficient (Wildman–Crippen LogP) is 4.79. The largest absolute Gasteiger partial charge is 0.478 e. The van der Waals surface area contributed by atoms with Gasteiger partial charge in [0.15, 0.2) is 0 Å². The summed E-state index contributed by atoms with van der Waals surface area (Å²) in [5.41, 5.74) is 1.97. The fraction of sp³-hybridized carbons (Fsp3) is 0.333. The number of aromatic nitrogens is 1. The molecular formula is C21H22N2O3S. The van der Waals surface area contributed by atoms with Gasteiger partial charge in [-0.3, -0.25) is 4.90 Å². The molecule has 1 fully saturated rings. The van der Waals surface area contributed by atoms with Gasteiger partial charge in [0.05, 0.1) is 17.1 Å². The normalized spacial score (nSPS) is 17.9. The topological polar surface area (TPSA) is 66.6 Å². The second-order valence-electron chi connectivity index (χ2n) is 7.02. The third-order valence-electron chi connectivity index (χ3n) is 4.96. The van der Waals surface area contributed by atoms with Crippen LogP contribution < -0.4 is 0 Å². The van der Waals surface area contributed by atoms with Gasteiger partial charge in [-0.1, -0.05) is 18.2 Å². The molecule has 0 aliphatic carbocycles. The van der Waals surface area contributed by atoms with Crippen LogP contribution in [0.15, 0.2) is 46.2 Å². The first-order valence-electron chi connectivity index (χ1n) is 9.16. The molecule has 3 heterocycles. The third kappa shape index (κ3) is 3.96. The second-order valence-corrected chi connectivity index (χ2v) is 7.91. The Kier molecular flexibility index (Phi) is 5.09. The number of benzene rings is 1. The lowest BCUT2D eigenvalue weighted by Crippen LogP contribution is -2.33. The van der Waals surface area contributed by atoms with Gasteiger partial charge in [-0.05, 0) is 44.5 Å². The molecule has 1 aliphatic rings. The Morgan fingerprint density at radius 2 is 2.19 bits per heavy atom. The van der Waals surface area contributed by atoms with E-state index >= 15 is 0 Å². The monoisotopic (exact) mass is 382 g/mol. The van der Waals surface area contributed by atoms with Crippen molar-refractivity contribution in [2.24, 2.45) is 0 Å². The molecule has 140 valence electrons. The van der Waals surface area contributed by atoms with Gasteiger partial charge in [0.1, 0.15) is 11.5 Å². The van der Waals surface area contributed by atoms with E-state index in [-0.39, 0.29) is 5.56 Å². The average molecular weight is 382 g/mol. The summed E-state index contributed by atoms with van der Waals surface area (Å²) in [4.78, 5) is 18.5. The molecule has 27 heavy (non-hydrogen) atoms. The fourth-order valence-corrected chi connectivity index (χ4v) is 4.60. The highest BCUT2D eigenvalue weighted by molar-refractivity contribution is 7.09. The molecule has 0 spiro atoms. The Balaban J connectivity index is 1.47. The molecule has 3 aromatic rings. The number of hydrogen-bond acceptors (Lipinski definition) is 5. The first kappa shape index (κ1) is 17.9. The van der Waals surface area contributed by atoms with Crippen molar-refractivity contribution in [2.45, 2.75) is 32.2 Å². The highest BCUT2D eigenvalue weighted by Crippen LogP contribution is 2.31. The number of piperidine rings is 1. The number of rotatable bonds is 5. The molecule has 0 bridgehead atoms. The summed E-state index contributed by atoms with van der Waals surface area (Å²) in [6.45, 7) is 4.80. The van der Waals surface area contributed by atoms with Gasteiger partial charge < -0.3 is 9.52 Å². The van der Waals surface area contributed by atoms with Crippen LogP contribution in [0.25, 0.3) is 11.3 Å². The summed E-state index contributed by atoms with van der Waals surface area (Å²) in [5, 5.41) is 12.7. The molecule has 6 heteroatoms. The first-order chi connectivity index (χ1) is 13.1. The van der Waals surface area contributed by atoms with Crippen LogP contribution in [0.4, 0.5) is 0 Å². The van der Waals surface area contributed by atoms with E-state index in [9.17, 15) is 9.90 Å². The highest BCUT2D eigenvalue weighted by atomic mass is 32.1. The number of likely N-dealkylation sites (tertiary alicyclic amines) is 1. The van der Waals surface area contributed by atoms with Crippen molar-refractivity contribution in [1.82, 2.24) is 9.88 Å². The molecule has 1 aromatic carbocycles. The number of carbonyl (C=O) groups is 1. The Bertz CT molecular complexity index is 946. The number of carboxylic acids is 1. The van der Waals surface area contributed by atoms with E-state index in [4.69, 9.17) is 4.42 Å². The van der Waals surface area contributed by atoms with Crippen molar-refractivity contribution in [3.05, 3.63) is 63.8 Å². The Labute approximate surface area is 162 Å². The summed E-state index contributed by atoms with van der Waals surface area (Å²) >= 11 is 1.75. The SMILES string of the molecule is Cc1csc([C@H]2CCCN(Cc3ccc(-c4ccccc4C(=O)O)o3)C2)n1. The molecule has 1 saturated heterocycles. The van der Waals surface area contributed by atoms with Gasteiger partial charge in [-0.25, -0.2) is 9.78 Å². The summed E-state index contributed by atoms with van der Waals surface area (Å²) in [6, 6.07) is 10.8. The molecule has 2 aromatic heterocycles. The third-order valence-corrected chi connectivity index (χ3v) is 6.08. The fourth-order valence-electron chi connectivity index (χ4n) is 3.67. The number of hydrogen-bond donors (Lipinski definition) is 1. The van der Waals surface area contributed by atoms with E-state index in [1.807, 2.05) is 25.1 Å². The van der Waals surface area contributed by atoms with Gasteiger partial charge in [0.25, 0.3) is 0 Å². The smallest absolute Gasteiger partial charge is 0.336 e. The summed E-state index contributed by atoms with van der Waals surface area (Å²) in [7, 11) is 0. The maximum atomic E-state index is 11.4. The number of aryl methyl sites for hydroxylation is 1. The summed E-state index contributed by atoms with van der Waals surface area (Å²) < 4.78 is 5.99. The lowest BCUT2D eigenvalue weighted by Gasteiger charge is -2.31. The molecule has 0 unspecified atom stereocenters. The van der Waals surface area contributed by atoms with Gasteiger partial charge in [-0.15, -0.1) is 11.3 Å². The minimum atomic E-state index is -0.943. The molecule has 0 radical (unpaired) electrons. The lowest BCUT2D eigenvalue weighted by atomic mass is 9.98. The van der Waals surface area contributed by atoms with E-state index < -0.39 is 5.97 Å². The van der Waals surface area contributed by atoms with E-state index in [1.165, 1.54) is 11.4 Å². The van der Waals surface area contributed by atoms with Crippen molar-refractivity contribution >= 4 is 17.3 Å². The standard InChI is InChI=1S/C21H22N2O3S/c1-14-13-27-20(22-14)15-5-4-10-23(11-15)12-16-8-9-19(26-16)17-6-2-3-7-18(17)21(24)25/h2-3,6-9,13,15H,4-5,10-12H2,1H3,(H,24,25)/t15-/m0/s1. The van der Waals surface area contributed by atoms with Crippen LogP contribution in [0.3, 0.4) is 0 Å². The summed E-state index contributed by atoms with van der Waals surface area (Å²) in [6.07, 6.45) is 2.33. The van der Waals surface area contributed by atoms with Gasteiger partial charge in [0.2, 0.25) is 0 Å². The molecule has 1 aliphatic heterocycles. The maximum Gasteiger partial charge on any atom is 0.336 e. The van der Waals surface area contributed by atoms with Crippen LogP contribution in [0.1, 0.15) is 45.6 Å². The Morgan fingerprint density at radius 3 is 2.96 bits per heavy atom. The van der Waals surface area contributed by atoms with Crippen LogP contribution in [0.2, 0.25) is 0 Å². The van der Waals surface area contributed by atoms with Gasteiger partial charge >= 0.3 is 5.97 Å². The molecule has 1 N–H and O–H groups in total. The quantitative estimate of drug-likeness (QED) is 0.687. The van der Waals surface area contributed by atoms with Crippen LogP contribution in [-0.2, 0) is 6.54 Å². The van der Waals surface area contributed by atoms with Crippen LogP contribution >= 0.6 is 11.3 Å².